The molecule has 2 unspecified atom stereocenters. The van der Waals surface area contributed by atoms with Crippen LogP contribution in [0.3, 0.4) is 0 Å². The average Bonchev–Trinajstić information content (AvgIpc) is 2.53. The van der Waals surface area contributed by atoms with Crippen LogP contribution in [0.5, 0.6) is 0 Å². The molecule has 0 amide bonds. The molecule has 0 bridgehead atoms. The summed E-state index contributed by atoms with van der Waals surface area (Å²) in [6.07, 6.45) is 4.08. The maximum Gasteiger partial charge on any atom is 0.0406 e. The molecule has 2 atom stereocenters. The van der Waals surface area contributed by atoms with Crippen LogP contribution in [0.1, 0.15) is 37.7 Å². The summed E-state index contributed by atoms with van der Waals surface area (Å²) in [7, 11) is 0. The number of halogens is 1. The van der Waals surface area contributed by atoms with Crippen molar-refractivity contribution in [2.45, 2.75) is 32.1 Å². The van der Waals surface area contributed by atoms with E-state index in [0.717, 1.165) is 16.9 Å². The van der Waals surface area contributed by atoms with Gasteiger partial charge in [0.2, 0.25) is 0 Å². The minimum absolute atomic E-state index is 0.785. The SMILES string of the molecule is CC1CCC(c2ccc(Cl)cc2)C1. The topological polar surface area (TPSA) is 0 Å². The maximum absolute atomic E-state index is 5.85. The predicted molar refractivity (Wildman–Crippen MR) is 57.2 cm³/mol. The van der Waals surface area contributed by atoms with Crippen molar-refractivity contribution in [3.05, 3.63) is 34.9 Å². The van der Waals surface area contributed by atoms with Crippen LogP contribution in [0.2, 0.25) is 5.02 Å². The lowest BCUT2D eigenvalue weighted by molar-refractivity contribution is 0.596. The van der Waals surface area contributed by atoms with Crippen molar-refractivity contribution in [2.24, 2.45) is 5.92 Å². The molecule has 1 heteroatoms. The lowest BCUT2D eigenvalue weighted by Gasteiger charge is -2.09. The molecule has 70 valence electrons. The van der Waals surface area contributed by atoms with Crippen LogP contribution in [0.4, 0.5) is 0 Å². The fourth-order valence-electron chi connectivity index (χ4n) is 2.24. The Hall–Kier alpha value is -0.490. The highest BCUT2D eigenvalue weighted by Crippen LogP contribution is 2.37. The maximum atomic E-state index is 5.85. The standard InChI is InChI=1S/C12H15Cl/c1-9-2-3-11(8-9)10-4-6-12(13)7-5-10/h4-7,9,11H,2-3,8H2,1H3. The molecule has 0 radical (unpaired) electrons. The van der Waals surface area contributed by atoms with E-state index in [4.69, 9.17) is 11.6 Å². The lowest BCUT2D eigenvalue weighted by Crippen LogP contribution is -1.92. The third kappa shape index (κ3) is 2.05. The minimum atomic E-state index is 0.785. The Morgan fingerprint density at radius 2 is 1.85 bits per heavy atom. The van der Waals surface area contributed by atoms with Crippen molar-refractivity contribution < 1.29 is 0 Å². The highest BCUT2D eigenvalue weighted by Gasteiger charge is 2.22. The highest BCUT2D eigenvalue weighted by atomic mass is 35.5. The monoisotopic (exact) mass is 194 g/mol. The van der Waals surface area contributed by atoms with Crippen molar-refractivity contribution in [3.63, 3.8) is 0 Å². The Morgan fingerprint density at radius 1 is 1.15 bits per heavy atom. The Kier molecular flexibility index (Phi) is 2.59. The Balaban J connectivity index is 2.13. The molecule has 1 aliphatic rings. The molecule has 1 aromatic rings. The van der Waals surface area contributed by atoms with E-state index in [1.807, 2.05) is 12.1 Å². The quantitative estimate of drug-likeness (QED) is 0.627. The van der Waals surface area contributed by atoms with E-state index in [2.05, 4.69) is 19.1 Å². The molecule has 1 saturated carbocycles. The van der Waals surface area contributed by atoms with Gasteiger partial charge in [-0.05, 0) is 42.4 Å². The first kappa shape index (κ1) is 9.08. The van der Waals surface area contributed by atoms with Gasteiger partial charge in [-0.25, -0.2) is 0 Å². The molecule has 0 heterocycles. The summed E-state index contributed by atoms with van der Waals surface area (Å²) in [5, 5.41) is 0.842. The van der Waals surface area contributed by atoms with Crippen LogP contribution in [0.25, 0.3) is 0 Å². The fourth-order valence-corrected chi connectivity index (χ4v) is 2.37. The van der Waals surface area contributed by atoms with E-state index >= 15 is 0 Å². The molecule has 0 saturated heterocycles. The Labute approximate surface area is 84.9 Å². The van der Waals surface area contributed by atoms with Gasteiger partial charge in [0, 0.05) is 5.02 Å². The van der Waals surface area contributed by atoms with Crippen molar-refractivity contribution in [3.8, 4) is 0 Å². The molecule has 0 aliphatic heterocycles. The van der Waals surface area contributed by atoms with Crippen LogP contribution in [0, 0.1) is 5.92 Å². The number of hydrogen-bond donors (Lipinski definition) is 0. The van der Waals surface area contributed by atoms with Crippen LogP contribution in [-0.2, 0) is 0 Å². The summed E-state index contributed by atoms with van der Waals surface area (Å²) < 4.78 is 0. The average molecular weight is 195 g/mol. The number of benzene rings is 1. The lowest BCUT2D eigenvalue weighted by atomic mass is 9.97. The third-order valence-corrected chi connectivity index (χ3v) is 3.29. The van der Waals surface area contributed by atoms with Gasteiger partial charge in [-0.3, -0.25) is 0 Å². The van der Waals surface area contributed by atoms with E-state index in [1.54, 1.807) is 0 Å². The van der Waals surface area contributed by atoms with Crippen LogP contribution in [0.15, 0.2) is 24.3 Å². The van der Waals surface area contributed by atoms with Gasteiger partial charge in [0.25, 0.3) is 0 Å². The Bertz CT molecular complexity index is 276. The van der Waals surface area contributed by atoms with Crippen LogP contribution >= 0.6 is 11.6 Å². The smallest absolute Gasteiger partial charge is 0.0406 e. The molecule has 0 nitrogen and oxygen atoms in total. The van der Waals surface area contributed by atoms with Crippen LogP contribution in [-0.4, -0.2) is 0 Å². The zero-order valence-corrected chi connectivity index (χ0v) is 8.72. The van der Waals surface area contributed by atoms with Crippen molar-refractivity contribution in [1.29, 1.82) is 0 Å². The first-order chi connectivity index (χ1) is 6.25. The molecule has 1 aliphatic carbocycles. The van der Waals surface area contributed by atoms with E-state index in [0.29, 0.717) is 0 Å². The molecule has 2 rings (SSSR count). The summed E-state index contributed by atoms with van der Waals surface area (Å²) in [5.41, 5.74) is 1.47. The second-order valence-corrected chi connectivity index (χ2v) is 4.60. The fraction of sp³-hybridized carbons (Fsp3) is 0.500. The first-order valence-electron chi connectivity index (χ1n) is 5.01. The number of hydrogen-bond acceptors (Lipinski definition) is 0. The predicted octanol–water partition coefficient (Wildman–Crippen LogP) is 4.24. The number of rotatable bonds is 1. The van der Waals surface area contributed by atoms with Gasteiger partial charge < -0.3 is 0 Å². The van der Waals surface area contributed by atoms with Gasteiger partial charge in [0.05, 0.1) is 0 Å². The zero-order chi connectivity index (χ0) is 9.26. The van der Waals surface area contributed by atoms with E-state index in [-0.39, 0.29) is 0 Å². The van der Waals surface area contributed by atoms with Crippen molar-refractivity contribution >= 4 is 11.6 Å². The van der Waals surface area contributed by atoms with E-state index < -0.39 is 0 Å². The van der Waals surface area contributed by atoms with E-state index in [1.165, 1.54) is 24.8 Å². The summed E-state index contributed by atoms with van der Waals surface area (Å²) in [6, 6.07) is 8.34. The molecular weight excluding hydrogens is 180 g/mol. The molecule has 0 N–H and O–H groups in total. The molecule has 0 aromatic heterocycles. The molecule has 13 heavy (non-hydrogen) atoms. The van der Waals surface area contributed by atoms with Gasteiger partial charge in [-0.2, -0.15) is 0 Å². The van der Waals surface area contributed by atoms with Crippen molar-refractivity contribution in [1.82, 2.24) is 0 Å². The molecule has 1 aromatic carbocycles. The summed E-state index contributed by atoms with van der Waals surface area (Å²) in [5.74, 6) is 1.69. The van der Waals surface area contributed by atoms with Gasteiger partial charge >= 0.3 is 0 Å². The molecular formula is C12H15Cl. The summed E-state index contributed by atoms with van der Waals surface area (Å²) >= 11 is 5.85. The van der Waals surface area contributed by atoms with Gasteiger partial charge in [-0.15, -0.1) is 0 Å². The second kappa shape index (κ2) is 3.71. The van der Waals surface area contributed by atoms with Gasteiger partial charge in [-0.1, -0.05) is 37.1 Å². The molecule has 1 fully saturated rings. The molecule has 0 spiro atoms. The first-order valence-corrected chi connectivity index (χ1v) is 5.39. The van der Waals surface area contributed by atoms with Gasteiger partial charge in [0.1, 0.15) is 0 Å². The largest absolute Gasteiger partial charge is 0.0843 e. The minimum Gasteiger partial charge on any atom is -0.0843 e. The Morgan fingerprint density at radius 3 is 2.38 bits per heavy atom. The third-order valence-electron chi connectivity index (χ3n) is 3.04. The normalized spacial score (nSPS) is 27.8. The summed E-state index contributed by atoms with van der Waals surface area (Å²) in [6.45, 7) is 2.34. The zero-order valence-electron chi connectivity index (χ0n) is 7.96. The van der Waals surface area contributed by atoms with Crippen LogP contribution < -0.4 is 0 Å². The second-order valence-electron chi connectivity index (χ2n) is 4.17. The highest BCUT2D eigenvalue weighted by molar-refractivity contribution is 6.30. The summed E-state index contributed by atoms with van der Waals surface area (Å²) in [4.78, 5) is 0. The van der Waals surface area contributed by atoms with Crippen molar-refractivity contribution in [2.75, 3.05) is 0 Å². The van der Waals surface area contributed by atoms with Gasteiger partial charge in [0.15, 0.2) is 0 Å². The van der Waals surface area contributed by atoms with E-state index in [9.17, 15) is 0 Å².